The SMILES string of the molecule is C=CCN(C)CCCOC1CCC(N(C)S(=O)(=O)Nc2ccc(Cl)cc2)CC1. The van der Waals surface area contributed by atoms with Crippen LogP contribution in [0, 0.1) is 0 Å². The second-order valence-corrected chi connectivity index (χ2v) is 9.50. The second-order valence-electron chi connectivity index (χ2n) is 7.34. The summed E-state index contributed by atoms with van der Waals surface area (Å²) in [5.74, 6) is 0. The minimum atomic E-state index is -3.59. The lowest BCUT2D eigenvalue weighted by atomic mass is 9.93. The Hall–Kier alpha value is -1.12. The van der Waals surface area contributed by atoms with Crippen molar-refractivity contribution in [3.05, 3.63) is 41.9 Å². The lowest BCUT2D eigenvalue weighted by Crippen LogP contribution is -2.43. The summed E-state index contributed by atoms with van der Waals surface area (Å²) in [5, 5.41) is 0.571. The summed E-state index contributed by atoms with van der Waals surface area (Å²) in [5.41, 5.74) is 0.509. The number of nitrogens with zero attached hydrogens (tertiary/aromatic N) is 2. The normalized spacial score (nSPS) is 20.5. The number of ether oxygens (including phenoxy) is 1. The van der Waals surface area contributed by atoms with Crippen LogP contribution in [0.2, 0.25) is 5.02 Å². The molecule has 2 rings (SSSR count). The van der Waals surface area contributed by atoms with E-state index in [1.54, 1.807) is 31.3 Å². The number of hydrogen-bond acceptors (Lipinski definition) is 4. The first-order chi connectivity index (χ1) is 13.3. The van der Waals surface area contributed by atoms with Gasteiger partial charge in [0.15, 0.2) is 0 Å². The van der Waals surface area contributed by atoms with E-state index in [0.717, 1.165) is 51.8 Å². The average molecular weight is 430 g/mol. The van der Waals surface area contributed by atoms with E-state index >= 15 is 0 Å². The maximum absolute atomic E-state index is 12.6. The fourth-order valence-corrected chi connectivity index (χ4v) is 4.71. The number of hydrogen-bond donors (Lipinski definition) is 1. The minimum Gasteiger partial charge on any atom is -0.378 e. The van der Waals surface area contributed by atoms with Crippen LogP contribution in [0.15, 0.2) is 36.9 Å². The molecule has 1 N–H and O–H groups in total. The van der Waals surface area contributed by atoms with Crippen molar-refractivity contribution in [2.75, 3.05) is 38.5 Å². The summed E-state index contributed by atoms with van der Waals surface area (Å²) in [6.07, 6.45) is 6.49. The molecule has 0 saturated heterocycles. The van der Waals surface area contributed by atoms with E-state index in [9.17, 15) is 8.42 Å². The molecule has 0 amide bonds. The van der Waals surface area contributed by atoms with Gasteiger partial charge in [-0.3, -0.25) is 4.72 Å². The quantitative estimate of drug-likeness (QED) is 0.429. The van der Waals surface area contributed by atoms with Crippen molar-refractivity contribution < 1.29 is 13.2 Å². The Labute approximate surface area is 174 Å². The van der Waals surface area contributed by atoms with Crippen LogP contribution in [-0.2, 0) is 14.9 Å². The average Bonchev–Trinajstić information content (AvgIpc) is 2.67. The largest absolute Gasteiger partial charge is 0.378 e. The lowest BCUT2D eigenvalue weighted by Gasteiger charge is -2.34. The van der Waals surface area contributed by atoms with Crippen molar-refractivity contribution >= 4 is 27.5 Å². The van der Waals surface area contributed by atoms with E-state index in [0.29, 0.717) is 10.7 Å². The molecule has 0 spiro atoms. The molecule has 28 heavy (non-hydrogen) atoms. The summed E-state index contributed by atoms with van der Waals surface area (Å²) in [6, 6.07) is 6.63. The zero-order chi connectivity index (χ0) is 20.6. The monoisotopic (exact) mass is 429 g/mol. The Morgan fingerprint density at radius 2 is 1.86 bits per heavy atom. The first-order valence-electron chi connectivity index (χ1n) is 9.74. The molecule has 0 radical (unpaired) electrons. The maximum atomic E-state index is 12.6. The van der Waals surface area contributed by atoms with Gasteiger partial charge in [-0.1, -0.05) is 17.7 Å². The van der Waals surface area contributed by atoms with Crippen LogP contribution in [0.3, 0.4) is 0 Å². The van der Waals surface area contributed by atoms with Crippen molar-refractivity contribution in [1.29, 1.82) is 0 Å². The first kappa shape index (κ1) is 23.2. The van der Waals surface area contributed by atoms with E-state index in [1.165, 1.54) is 4.31 Å². The molecule has 6 nitrogen and oxygen atoms in total. The van der Waals surface area contributed by atoms with Crippen LogP contribution in [0.4, 0.5) is 5.69 Å². The minimum absolute atomic E-state index is 0.0108. The summed E-state index contributed by atoms with van der Waals surface area (Å²) in [6.45, 7) is 6.35. The van der Waals surface area contributed by atoms with Crippen LogP contribution in [0.1, 0.15) is 32.1 Å². The number of nitrogens with one attached hydrogen (secondary N) is 1. The van der Waals surface area contributed by atoms with Crippen molar-refractivity contribution in [3.63, 3.8) is 0 Å². The fraction of sp³-hybridized carbons (Fsp3) is 0.600. The van der Waals surface area contributed by atoms with Gasteiger partial charge in [-0.15, -0.1) is 6.58 Å². The molecule has 1 aliphatic carbocycles. The van der Waals surface area contributed by atoms with Crippen LogP contribution in [-0.4, -0.2) is 63.6 Å². The van der Waals surface area contributed by atoms with Gasteiger partial charge in [0.2, 0.25) is 0 Å². The predicted molar refractivity (Wildman–Crippen MR) is 116 cm³/mol. The molecule has 0 heterocycles. The van der Waals surface area contributed by atoms with Crippen molar-refractivity contribution in [2.45, 2.75) is 44.2 Å². The molecular weight excluding hydrogens is 398 g/mol. The van der Waals surface area contributed by atoms with E-state index in [1.807, 2.05) is 6.08 Å². The summed E-state index contributed by atoms with van der Waals surface area (Å²) >= 11 is 5.85. The zero-order valence-electron chi connectivity index (χ0n) is 16.8. The van der Waals surface area contributed by atoms with E-state index in [4.69, 9.17) is 16.3 Å². The molecule has 0 aromatic heterocycles. The van der Waals surface area contributed by atoms with Gasteiger partial charge in [-0.2, -0.15) is 12.7 Å². The molecule has 158 valence electrons. The Balaban J connectivity index is 1.74. The second kappa shape index (κ2) is 11.2. The van der Waals surface area contributed by atoms with Crippen molar-refractivity contribution in [3.8, 4) is 0 Å². The molecule has 8 heteroatoms. The van der Waals surface area contributed by atoms with Crippen molar-refractivity contribution in [1.82, 2.24) is 9.21 Å². The summed E-state index contributed by atoms with van der Waals surface area (Å²) in [4.78, 5) is 2.21. The van der Waals surface area contributed by atoms with E-state index in [-0.39, 0.29) is 12.1 Å². The Morgan fingerprint density at radius 3 is 2.46 bits per heavy atom. The van der Waals surface area contributed by atoms with Crippen LogP contribution >= 0.6 is 11.6 Å². The molecule has 0 unspecified atom stereocenters. The molecule has 1 aromatic carbocycles. The van der Waals surface area contributed by atoms with E-state index in [2.05, 4.69) is 23.2 Å². The molecule has 1 fully saturated rings. The highest BCUT2D eigenvalue weighted by Gasteiger charge is 2.30. The smallest absolute Gasteiger partial charge is 0.301 e. The third kappa shape index (κ3) is 7.37. The van der Waals surface area contributed by atoms with Crippen LogP contribution in [0.5, 0.6) is 0 Å². The molecule has 1 saturated carbocycles. The highest BCUT2D eigenvalue weighted by molar-refractivity contribution is 7.90. The van der Waals surface area contributed by atoms with Crippen LogP contribution < -0.4 is 4.72 Å². The Morgan fingerprint density at radius 1 is 1.21 bits per heavy atom. The maximum Gasteiger partial charge on any atom is 0.301 e. The molecule has 0 aliphatic heterocycles. The summed E-state index contributed by atoms with van der Waals surface area (Å²) < 4.78 is 35.3. The molecule has 0 bridgehead atoms. The lowest BCUT2D eigenvalue weighted by molar-refractivity contribution is 0.0143. The van der Waals surface area contributed by atoms with Gasteiger partial charge in [-0.25, -0.2) is 0 Å². The Kier molecular flexibility index (Phi) is 9.24. The molecule has 0 atom stereocenters. The van der Waals surface area contributed by atoms with E-state index < -0.39 is 10.2 Å². The third-order valence-electron chi connectivity index (χ3n) is 5.11. The van der Waals surface area contributed by atoms with Gasteiger partial charge in [-0.05, 0) is 63.4 Å². The Bertz CT molecular complexity index is 704. The van der Waals surface area contributed by atoms with Crippen molar-refractivity contribution in [2.24, 2.45) is 0 Å². The van der Waals surface area contributed by atoms with Gasteiger partial charge in [0.05, 0.1) is 6.10 Å². The third-order valence-corrected chi connectivity index (χ3v) is 6.91. The highest BCUT2D eigenvalue weighted by Crippen LogP contribution is 2.27. The molecule has 1 aliphatic rings. The van der Waals surface area contributed by atoms with Crippen LogP contribution in [0.25, 0.3) is 0 Å². The van der Waals surface area contributed by atoms with Gasteiger partial charge < -0.3 is 9.64 Å². The van der Waals surface area contributed by atoms with Gasteiger partial charge in [0.1, 0.15) is 0 Å². The fourth-order valence-electron chi connectivity index (χ4n) is 3.41. The zero-order valence-corrected chi connectivity index (χ0v) is 18.4. The number of benzene rings is 1. The molecular formula is C20H32ClN3O3S. The predicted octanol–water partition coefficient (Wildman–Crippen LogP) is 3.76. The first-order valence-corrected chi connectivity index (χ1v) is 11.6. The number of likely N-dealkylation sites (N-methyl/N-ethyl adjacent to an activating group) is 1. The standard InChI is InChI=1S/C20H32ClN3O3S/c1-4-14-23(2)15-5-16-27-20-12-10-19(11-13-20)24(3)28(25,26)22-18-8-6-17(21)7-9-18/h4,6-9,19-20,22H,1,5,10-16H2,2-3H3. The number of anilines is 1. The highest BCUT2D eigenvalue weighted by atomic mass is 35.5. The van der Waals surface area contributed by atoms with Gasteiger partial charge >= 0.3 is 10.2 Å². The topological polar surface area (TPSA) is 61.9 Å². The van der Waals surface area contributed by atoms with Gasteiger partial charge in [0, 0.05) is 43.5 Å². The number of rotatable bonds is 11. The molecule has 1 aromatic rings. The number of halogens is 1. The summed E-state index contributed by atoms with van der Waals surface area (Å²) in [7, 11) is 0.116. The van der Waals surface area contributed by atoms with Gasteiger partial charge in [0.25, 0.3) is 0 Å².